The zero-order valence-electron chi connectivity index (χ0n) is 13.5. The van der Waals surface area contributed by atoms with E-state index in [1.807, 2.05) is 12.1 Å². The van der Waals surface area contributed by atoms with Gasteiger partial charge in [-0.1, -0.05) is 24.3 Å². The number of nitrogens with one attached hydrogen (secondary N) is 1. The highest BCUT2D eigenvalue weighted by Crippen LogP contribution is 2.36. The van der Waals surface area contributed by atoms with Crippen LogP contribution in [-0.4, -0.2) is 41.1 Å². The molecule has 0 bridgehead atoms. The van der Waals surface area contributed by atoms with Gasteiger partial charge >= 0.3 is 0 Å². The van der Waals surface area contributed by atoms with E-state index in [1.54, 1.807) is 28.6 Å². The van der Waals surface area contributed by atoms with Crippen molar-refractivity contribution < 1.29 is 8.42 Å². The Hall–Kier alpha value is -2.05. The van der Waals surface area contributed by atoms with Crippen molar-refractivity contribution in [1.29, 1.82) is 0 Å². The molecular weight excluding hydrogens is 322 g/mol. The first-order chi connectivity index (χ1) is 11.7. The lowest BCUT2D eigenvalue weighted by molar-refractivity contribution is 0.589. The van der Waals surface area contributed by atoms with Gasteiger partial charge in [0.25, 0.3) is 10.0 Å². The maximum absolute atomic E-state index is 13.0. The largest absolute Gasteiger partial charge is 0.369 e. The lowest BCUT2D eigenvalue weighted by Gasteiger charge is -2.30. The zero-order valence-corrected chi connectivity index (χ0v) is 14.3. The van der Waals surface area contributed by atoms with Crippen molar-refractivity contribution in [2.24, 2.45) is 0 Å². The van der Waals surface area contributed by atoms with Crippen LogP contribution in [0.25, 0.3) is 0 Å². The van der Waals surface area contributed by atoms with Gasteiger partial charge in [-0.2, -0.15) is 0 Å². The first-order valence-electron chi connectivity index (χ1n) is 8.33. The molecule has 0 saturated carbocycles. The molecule has 126 valence electrons. The molecule has 0 amide bonds. The van der Waals surface area contributed by atoms with Crippen molar-refractivity contribution in [3.8, 4) is 0 Å². The summed E-state index contributed by atoms with van der Waals surface area (Å²) in [6.07, 6.45) is 0.767. The molecule has 4 rings (SSSR count). The van der Waals surface area contributed by atoms with Crippen LogP contribution in [-0.2, 0) is 16.4 Å². The number of rotatable bonds is 3. The summed E-state index contributed by atoms with van der Waals surface area (Å²) in [6, 6.07) is 14.9. The molecule has 0 aliphatic carbocycles. The molecule has 0 aromatic heterocycles. The highest BCUT2D eigenvalue weighted by atomic mass is 32.2. The average Bonchev–Trinajstić information content (AvgIpc) is 3.07. The van der Waals surface area contributed by atoms with E-state index in [0.29, 0.717) is 11.4 Å². The normalized spacial score (nSPS) is 17.8. The molecule has 24 heavy (non-hydrogen) atoms. The average molecular weight is 343 g/mol. The van der Waals surface area contributed by atoms with Crippen molar-refractivity contribution in [2.45, 2.75) is 11.3 Å². The molecule has 2 aromatic rings. The fourth-order valence-electron chi connectivity index (χ4n) is 3.43. The number of nitrogens with zero attached hydrogens (tertiary/aromatic N) is 2. The fourth-order valence-corrected chi connectivity index (χ4v) is 4.94. The Labute approximate surface area is 142 Å². The van der Waals surface area contributed by atoms with Crippen molar-refractivity contribution in [2.75, 3.05) is 41.9 Å². The smallest absolute Gasteiger partial charge is 0.264 e. The molecule has 1 saturated heterocycles. The molecule has 2 aliphatic heterocycles. The highest BCUT2D eigenvalue weighted by Gasteiger charge is 2.31. The standard InChI is InChI=1S/C18H21N3O2S/c22-24(23,17-4-2-1-3-5-17)21-11-8-15-6-7-16(14-18(15)21)20-12-9-19-10-13-20/h1-7,14,19H,8-13H2. The summed E-state index contributed by atoms with van der Waals surface area (Å²) in [4.78, 5) is 2.66. The number of benzene rings is 2. The second-order valence-corrected chi connectivity index (χ2v) is 8.05. The summed E-state index contributed by atoms with van der Waals surface area (Å²) >= 11 is 0. The number of piperazine rings is 1. The van der Waals surface area contributed by atoms with E-state index >= 15 is 0 Å². The van der Waals surface area contributed by atoms with Crippen LogP contribution >= 0.6 is 0 Å². The third kappa shape index (κ3) is 2.65. The number of fused-ring (bicyclic) bond motifs is 1. The van der Waals surface area contributed by atoms with Gasteiger partial charge in [0.15, 0.2) is 0 Å². The monoisotopic (exact) mass is 343 g/mol. The maximum Gasteiger partial charge on any atom is 0.264 e. The Morgan fingerprint density at radius 3 is 2.42 bits per heavy atom. The van der Waals surface area contributed by atoms with Gasteiger partial charge in [0.2, 0.25) is 0 Å². The van der Waals surface area contributed by atoms with Crippen LogP contribution in [0, 0.1) is 0 Å². The lowest BCUT2D eigenvalue weighted by Crippen LogP contribution is -2.43. The van der Waals surface area contributed by atoms with Crippen LogP contribution in [0.5, 0.6) is 0 Å². The molecule has 1 N–H and O–H groups in total. The van der Waals surface area contributed by atoms with E-state index in [4.69, 9.17) is 0 Å². The summed E-state index contributed by atoms with van der Waals surface area (Å²) in [5, 5.41) is 3.34. The molecule has 2 aliphatic rings. The topological polar surface area (TPSA) is 52.7 Å². The van der Waals surface area contributed by atoms with E-state index in [1.165, 1.54) is 0 Å². The van der Waals surface area contributed by atoms with Crippen molar-refractivity contribution in [3.05, 3.63) is 54.1 Å². The van der Waals surface area contributed by atoms with Crippen molar-refractivity contribution >= 4 is 21.4 Å². The van der Waals surface area contributed by atoms with E-state index in [2.05, 4.69) is 22.3 Å². The highest BCUT2D eigenvalue weighted by molar-refractivity contribution is 7.92. The summed E-state index contributed by atoms with van der Waals surface area (Å²) in [6.45, 7) is 4.33. The molecule has 5 nitrogen and oxygen atoms in total. The Kier molecular flexibility index (Phi) is 3.94. The van der Waals surface area contributed by atoms with Crippen molar-refractivity contribution in [3.63, 3.8) is 0 Å². The van der Waals surface area contributed by atoms with Gasteiger partial charge in [0, 0.05) is 38.4 Å². The minimum absolute atomic E-state index is 0.352. The van der Waals surface area contributed by atoms with Crippen LogP contribution in [0.3, 0.4) is 0 Å². The Morgan fingerprint density at radius 1 is 0.917 bits per heavy atom. The van der Waals surface area contributed by atoms with Crippen LogP contribution in [0.4, 0.5) is 11.4 Å². The van der Waals surface area contributed by atoms with Crippen LogP contribution in [0.15, 0.2) is 53.4 Å². The minimum Gasteiger partial charge on any atom is -0.369 e. The molecule has 1 fully saturated rings. The Bertz CT molecular complexity index is 831. The van der Waals surface area contributed by atoms with Crippen LogP contribution in [0.2, 0.25) is 0 Å². The number of hydrogen-bond donors (Lipinski definition) is 1. The summed E-state index contributed by atoms with van der Waals surface area (Å²) in [5.74, 6) is 0. The molecule has 0 unspecified atom stereocenters. The zero-order chi connectivity index (χ0) is 16.6. The predicted octanol–water partition coefficient (Wildman–Crippen LogP) is 1.85. The molecule has 2 aromatic carbocycles. The van der Waals surface area contributed by atoms with Gasteiger partial charge in [0.05, 0.1) is 10.6 Å². The summed E-state index contributed by atoms with van der Waals surface area (Å²) in [5.41, 5.74) is 3.04. The molecule has 0 atom stereocenters. The Morgan fingerprint density at radius 2 is 1.67 bits per heavy atom. The first kappa shape index (κ1) is 15.5. The summed E-state index contributed by atoms with van der Waals surface area (Å²) < 4.78 is 27.5. The second-order valence-electron chi connectivity index (χ2n) is 6.19. The summed E-state index contributed by atoms with van der Waals surface area (Å²) in [7, 11) is -3.50. The third-order valence-electron chi connectivity index (χ3n) is 4.74. The molecule has 6 heteroatoms. The van der Waals surface area contributed by atoms with Crippen molar-refractivity contribution in [1.82, 2.24) is 5.32 Å². The minimum atomic E-state index is -3.50. The third-order valence-corrected chi connectivity index (χ3v) is 6.56. The number of anilines is 2. The van der Waals surface area contributed by atoms with E-state index in [9.17, 15) is 8.42 Å². The van der Waals surface area contributed by atoms with Gasteiger partial charge < -0.3 is 10.2 Å². The predicted molar refractivity (Wildman–Crippen MR) is 96.2 cm³/mol. The van der Waals surface area contributed by atoms with Gasteiger partial charge in [-0.3, -0.25) is 4.31 Å². The lowest BCUT2D eigenvalue weighted by atomic mass is 10.1. The van der Waals surface area contributed by atoms with E-state index in [0.717, 1.165) is 49.5 Å². The SMILES string of the molecule is O=S(=O)(c1ccccc1)N1CCc2ccc(N3CCNCC3)cc21. The second kappa shape index (κ2) is 6.11. The number of hydrogen-bond acceptors (Lipinski definition) is 4. The quantitative estimate of drug-likeness (QED) is 0.924. The molecule has 2 heterocycles. The molecule has 0 radical (unpaired) electrons. The van der Waals surface area contributed by atoms with Gasteiger partial charge in [-0.15, -0.1) is 0 Å². The molecule has 0 spiro atoms. The van der Waals surface area contributed by atoms with Crippen LogP contribution in [0.1, 0.15) is 5.56 Å². The fraction of sp³-hybridized carbons (Fsp3) is 0.333. The van der Waals surface area contributed by atoms with Gasteiger partial charge in [0.1, 0.15) is 0 Å². The van der Waals surface area contributed by atoms with E-state index in [-0.39, 0.29) is 0 Å². The molecular formula is C18H21N3O2S. The van der Waals surface area contributed by atoms with Gasteiger partial charge in [-0.05, 0) is 36.2 Å². The number of sulfonamides is 1. The Balaban J connectivity index is 1.70. The van der Waals surface area contributed by atoms with E-state index < -0.39 is 10.0 Å². The van der Waals surface area contributed by atoms with Gasteiger partial charge in [-0.25, -0.2) is 8.42 Å². The van der Waals surface area contributed by atoms with Crippen LogP contribution < -0.4 is 14.5 Å². The maximum atomic E-state index is 13.0. The first-order valence-corrected chi connectivity index (χ1v) is 9.77.